The van der Waals surface area contributed by atoms with Crippen LogP contribution >= 0.6 is 0 Å². The summed E-state index contributed by atoms with van der Waals surface area (Å²) in [6, 6.07) is 0.931. The second-order valence-corrected chi connectivity index (χ2v) is 18.5. The quantitative estimate of drug-likeness (QED) is 0.0456. The summed E-state index contributed by atoms with van der Waals surface area (Å²) in [4.78, 5) is 90.9. The second kappa shape index (κ2) is 21.3. The first kappa shape index (κ1) is 51.0. The highest BCUT2D eigenvalue weighted by molar-refractivity contribution is 7.85. The SMILES string of the molecule is CC(C)[C@H](NC(=O)C[C@@H](c1cn(CCCS(=O)(=O)O)nn1)N1C(=O)C=CC1=O)C(=O)N[C@@H](C)C(=O)Nc1ccc(COC(=O)C(C)(C)C)c(CC[C@@H]2O[C@H](C(=O)O)[C@@H](O)[C@H](O)[C@H]2O)c1. The number of nitrogens with one attached hydrogen (secondary N) is 3. The number of rotatable bonds is 20. The maximum absolute atomic E-state index is 13.6. The van der Waals surface area contributed by atoms with Gasteiger partial charge in [0.2, 0.25) is 17.7 Å². The van der Waals surface area contributed by atoms with Crippen LogP contribution in [0.4, 0.5) is 5.69 Å². The summed E-state index contributed by atoms with van der Waals surface area (Å²) in [7, 11) is -4.25. The van der Waals surface area contributed by atoms with Gasteiger partial charge in [-0.2, -0.15) is 8.42 Å². The molecule has 3 heterocycles. The number of carbonyl (C=O) groups excluding carboxylic acids is 6. The van der Waals surface area contributed by atoms with Crippen LogP contribution in [0.15, 0.2) is 36.5 Å². The van der Waals surface area contributed by atoms with Crippen LogP contribution in [-0.4, -0.2) is 143 Å². The molecule has 0 unspecified atom stereocenters. The van der Waals surface area contributed by atoms with Gasteiger partial charge in [0.05, 0.1) is 35.9 Å². The number of carboxylic acid groups (broad SMARTS) is 1. The van der Waals surface area contributed by atoms with E-state index in [0.717, 1.165) is 17.1 Å². The Kier molecular flexibility index (Phi) is 17.0. The highest BCUT2D eigenvalue weighted by Crippen LogP contribution is 2.29. The minimum Gasteiger partial charge on any atom is -0.479 e. The van der Waals surface area contributed by atoms with Gasteiger partial charge < -0.3 is 45.9 Å². The molecule has 64 heavy (non-hydrogen) atoms. The van der Waals surface area contributed by atoms with Crippen molar-refractivity contribution in [1.82, 2.24) is 30.5 Å². The fourth-order valence-corrected chi connectivity index (χ4v) is 7.22. The predicted octanol–water partition coefficient (Wildman–Crippen LogP) is -0.847. The Morgan fingerprint density at radius 3 is 2.19 bits per heavy atom. The van der Waals surface area contributed by atoms with Crippen molar-refractivity contribution in [3.8, 4) is 0 Å². The first-order valence-corrected chi connectivity index (χ1v) is 21.9. The second-order valence-electron chi connectivity index (χ2n) is 16.9. The molecule has 1 saturated heterocycles. The van der Waals surface area contributed by atoms with Crippen molar-refractivity contribution >= 4 is 57.3 Å². The molecule has 2 aliphatic rings. The molecular formula is C40H55N7O16S. The summed E-state index contributed by atoms with van der Waals surface area (Å²) < 4.78 is 43.4. The average Bonchev–Trinajstić information content (AvgIpc) is 3.81. The lowest BCUT2D eigenvalue weighted by atomic mass is 9.91. The van der Waals surface area contributed by atoms with E-state index in [1.54, 1.807) is 46.8 Å². The minimum atomic E-state index is -4.25. The fraction of sp³-hybridized carbons (Fsp3) is 0.575. The molecule has 1 fully saturated rings. The van der Waals surface area contributed by atoms with Crippen LogP contribution in [0.2, 0.25) is 0 Å². The van der Waals surface area contributed by atoms with Crippen molar-refractivity contribution in [2.24, 2.45) is 11.3 Å². The van der Waals surface area contributed by atoms with E-state index in [0.29, 0.717) is 11.1 Å². The summed E-state index contributed by atoms with van der Waals surface area (Å²) >= 11 is 0. The third-order valence-electron chi connectivity index (χ3n) is 10.3. The lowest BCUT2D eigenvalue weighted by Gasteiger charge is -2.39. The zero-order valence-electron chi connectivity index (χ0n) is 36.0. The largest absolute Gasteiger partial charge is 0.479 e. The van der Waals surface area contributed by atoms with Gasteiger partial charge in [-0.25, -0.2) is 4.79 Å². The summed E-state index contributed by atoms with van der Waals surface area (Å²) in [6.45, 7) is 9.46. The molecule has 0 aliphatic carbocycles. The van der Waals surface area contributed by atoms with Gasteiger partial charge in [-0.05, 0) is 76.1 Å². The van der Waals surface area contributed by atoms with Gasteiger partial charge in [0.1, 0.15) is 42.7 Å². The Balaban J connectivity index is 1.45. The molecule has 0 radical (unpaired) electrons. The Morgan fingerprint density at radius 2 is 1.59 bits per heavy atom. The smallest absolute Gasteiger partial charge is 0.335 e. The summed E-state index contributed by atoms with van der Waals surface area (Å²) in [5, 5.41) is 56.1. The number of ether oxygens (including phenoxy) is 2. The number of carboxylic acids is 1. The number of aromatic nitrogens is 3. The summed E-state index contributed by atoms with van der Waals surface area (Å²) in [5.74, 6) is -6.84. The zero-order valence-corrected chi connectivity index (χ0v) is 36.9. The number of amides is 5. The van der Waals surface area contributed by atoms with Crippen LogP contribution in [0, 0.1) is 11.3 Å². The van der Waals surface area contributed by atoms with E-state index in [4.69, 9.17) is 14.0 Å². The number of benzene rings is 1. The van der Waals surface area contributed by atoms with Crippen LogP contribution in [0.25, 0.3) is 0 Å². The van der Waals surface area contributed by atoms with Gasteiger partial charge >= 0.3 is 11.9 Å². The number of aryl methyl sites for hydroxylation is 2. The monoisotopic (exact) mass is 921 g/mol. The zero-order chi connectivity index (χ0) is 47.8. The number of esters is 1. The van der Waals surface area contributed by atoms with Crippen LogP contribution < -0.4 is 16.0 Å². The predicted molar refractivity (Wildman–Crippen MR) is 221 cm³/mol. The van der Waals surface area contributed by atoms with E-state index in [1.807, 2.05) is 0 Å². The molecule has 0 saturated carbocycles. The van der Waals surface area contributed by atoms with Crippen molar-refractivity contribution in [3.05, 3.63) is 53.4 Å². The van der Waals surface area contributed by atoms with Gasteiger partial charge in [-0.15, -0.1) is 5.10 Å². The number of aliphatic hydroxyl groups is 3. The number of hydrogen-bond donors (Lipinski definition) is 8. The van der Waals surface area contributed by atoms with E-state index in [-0.39, 0.29) is 43.8 Å². The topological polar surface area (TPSA) is 343 Å². The first-order chi connectivity index (χ1) is 29.8. The maximum Gasteiger partial charge on any atom is 0.335 e. The number of carbonyl (C=O) groups is 7. The van der Waals surface area contributed by atoms with E-state index in [2.05, 4.69) is 26.3 Å². The lowest BCUT2D eigenvalue weighted by Crippen LogP contribution is -2.59. The molecule has 2 aliphatic heterocycles. The van der Waals surface area contributed by atoms with Crippen LogP contribution in [0.1, 0.15) is 83.7 Å². The van der Waals surface area contributed by atoms with Crippen LogP contribution in [0.3, 0.4) is 0 Å². The molecule has 23 nitrogen and oxygen atoms in total. The van der Waals surface area contributed by atoms with Gasteiger partial charge in [0, 0.05) is 24.4 Å². The standard InChI is InChI=1S/C40H55N7O16S/c1-20(2)31(43-28(48)17-26(47-29(49)12-13-30(47)50)25-18-46(45-44-25)14-7-15-64(59,60)61)37(55)41-21(3)36(54)42-24-10-8-23(19-62-39(58)40(4,5)6)22(16-24)9-11-27-32(51)33(52)34(53)35(63-27)38(56)57/h8,10,12-13,16,18,20-21,26-27,31-35,51-53H,7,9,11,14-15,17,19H2,1-6H3,(H,41,55)(H,42,54)(H,43,48)(H,56,57)(H,59,60,61)/t21-,26-,27-,31-,32-,33+,34-,35-/m0/s1. The first-order valence-electron chi connectivity index (χ1n) is 20.3. The number of imide groups is 1. The van der Waals surface area contributed by atoms with Gasteiger partial charge in [-0.3, -0.25) is 42.9 Å². The lowest BCUT2D eigenvalue weighted by molar-refractivity contribution is -0.228. The van der Waals surface area contributed by atoms with Crippen molar-refractivity contribution in [2.45, 2.75) is 129 Å². The Morgan fingerprint density at radius 1 is 0.938 bits per heavy atom. The molecular weight excluding hydrogens is 867 g/mol. The third-order valence-corrected chi connectivity index (χ3v) is 11.1. The molecule has 8 N–H and O–H groups in total. The van der Waals surface area contributed by atoms with Gasteiger partial charge in [0.25, 0.3) is 21.9 Å². The summed E-state index contributed by atoms with van der Waals surface area (Å²) in [6.07, 6.45) is -5.65. The Labute approximate surface area is 368 Å². The number of aliphatic hydroxyl groups excluding tert-OH is 3. The molecule has 8 atom stereocenters. The van der Waals surface area contributed by atoms with Gasteiger partial charge in [-0.1, -0.05) is 25.1 Å². The third kappa shape index (κ3) is 13.7. The molecule has 0 bridgehead atoms. The highest BCUT2D eigenvalue weighted by atomic mass is 32.2. The van der Waals surface area contributed by atoms with E-state index in [9.17, 15) is 62.4 Å². The number of hydrogen-bond acceptors (Lipinski definition) is 16. The van der Waals surface area contributed by atoms with Gasteiger partial charge in [0.15, 0.2) is 6.10 Å². The number of nitrogens with zero attached hydrogens (tertiary/aromatic N) is 4. The van der Waals surface area contributed by atoms with Crippen LogP contribution in [-0.2, 0) is 72.7 Å². The van der Waals surface area contributed by atoms with Crippen molar-refractivity contribution in [1.29, 1.82) is 0 Å². The normalized spacial score (nSPS) is 21.6. The number of anilines is 1. The molecule has 0 spiro atoms. The van der Waals surface area contributed by atoms with Crippen molar-refractivity contribution in [3.63, 3.8) is 0 Å². The van der Waals surface area contributed by atoms with E-state index in [1.165, 1.54) is 23.9 Å². The summed E-state index contributed by atoms with van der Waals surface area (Å²) in [5.41, 5.74) is 0.381. The van der Waals surface area contributed by atoms with E-state index >= 15 is 0 Å². The molecule has 24 heteroatoms. The highest BCUT2D eigenvalue weighted by Gasteiger charge is 2.46. The van der Waals surface area contributed by atoms with Crippen molar-refractivity contribution in [2.75, 3.05) is 11.1 Å². The molecule has 352 valence electrons. The Hall–Kier alpha value is -5.66. The minimum absolute atomic E-state index is 0.00985. The molecule has 4 rings (SSSR count). The van der Waals surface area contributed by atoms with E-state index < -0.39 is 124 Å². The molecule has 1 aromatic heterocycles. The van der Waals surface area contributed by atoms with Crippen molar-refractivity contribution < 1.29 is 76.4 Å². The van der Waals surface area contributed by atoms with Crippen LogP contribution in [0.5, 0.6) is 0 Å². The molecule has 5 amide bonds. The fourth-order valence-electron chi connectivity index (χ4n) is 6.72. The molecule has 2 aromatic rings. The Bertz CT molecular complexity index is 2200. The maximum atomic E-state index is 13.6. The average molecular weight is 922 g/mol. The number of aliphatic carboxylic acids is 1. The molecule has 1 aromatic carbocycles.